The van der Waals surface area contributed by atoms with E-state index in [0.29, 0.717) is 33.8 Å². The minimum absolute atomic E-state index is 0.0369. The molecule has 34 heavy (non-hydrogen) atoms. The summed E-state index contributed by atoms with van der Waals surface area (Å²) in [5.74, 6) is -0.428. The van der Waals surface area contributed by atoms with Crippen molar-refractivity contribution >= 4 is 51.6 Å². The van der Waals surface area contributed by atoms with E-state index in [2.05, 4.69) is 22.1 Å². The molecule has 3 rings (SSSR count). The molecule has 0 unspecified atom stereocenters. The number of thioether (sulfide) groups is 1. The number of methoxy groups -OCH3 is 1. The summed E-state index contributed by atoms with van der Waals surface area (Å²) in [6.07, 6.45) is 1.67. The number of carbonyl (C=O) groups is 2. The molecule has 8 nitrogen and oxygen atoms in total. The maximum absolute atomic E-state index is 13.2. The number of benzene rings is 1. The van der Waals surface area contributed by atoms with E-state index in [1.54, 1.807) is 10.6 Å². The Morgan fingerprint density at radius 2 is 2.12 bits per heavy atom. The van der Waals surface area contributed by atoms with Crippen molar-refractivity contribution in [1.29, 1.82) is 0 Å². The molecule has 0 saturated carbocycles. The third-order valence-corrected chi connectivity index (χ3v) is 7.10. The van der Waals surface area contributed by atoms with Crippen LogP contribution in [0.4, 0.5) is 9.39 Å². The van der Waals surface area contributed by atoms with Gasteiger partial charge in [0.15, 0.2) is 11.0 Å². The molecule has 12 heteroatoms. The maximum Gasteiger partial charge on any atom is 0.341 e. The third kappa shape index (κ3) is 5.96. The molecule has 0 atom stereocenters. The molecule has 0 bridgehead atoms. The first-order valence-electron chi connectivity index (χ1n) is 9.96. The Kier molecular flexibility index (Phi) is 8.70. The van der Waals surface area contributed by atoms with Crippen molar-refractivity contribution in [3.63, 3.8) is 0 Å². The summed E-state index contributed by atoms with van der Waals surface area (Å²) in [6.45, 7) is 7.85. The van der Waals surface area contributed by atoms with E-state index in [0.717, 1.165) is 16.5 Å². The lowest BCUT2D eigenvalue weighted by Gasteiger charge is -2.10. The minimum atomic E-state index is -0.499. The first-order valence-corrected chi connectivity index (χ1v) is 12.1. The number of anilines is 1. The lowest BCUT2D eigenvalue weighted by atomic mass is 10.1. The summed E-state index contributed by atoms with van der Waals surface area (Å²) >= 11 is 8.50. The molecule has 2 aromatic heterocycles. The number of aryl methyl sites for hydroxylation is 1. The molecule has 1 aromatic carbocycles. The van der Waals surface area contributed by atoms with Crippen molar-refractivity contribution in [2.75, 3.05) is 18.2 Å². The fourth-order valence-corrected chi connectivity index (χ4v) is 4.99. The van der Waals surface area contributed by atoms with Gasteiger partial charge in [-0.15, -0.1) is 28.1 Å². The van der Waals surface area contributed by atoms with Gasteiger partial charge >= 0.3 is 5.97 Å². The standard InChI is InChI=1S/C22H22ClFN4O4S2/c1-5-8-28-17(10-32-16-7-6-14(24)9-15(16)23)26-27-22(28)33-11-18(29)25-20-19(21(30)31-4)12(2)13(3)34-20/h5-7,9H,1,8,10-11H2,2-4H3,(H,25,29). The van der Waals surface area contributed by atoms with Crippen LogP contribution in [0.2, 0.25) is 5.02 Å². The van der Waals surface area contributed by atoms with Gasteiger partial charge in [0.25, 0.3) is 0 Å². The zero-order chi connectivity index (χ0) is 24.8. The zero-order valence-electron chi connectivity index (χ0n) is 18.7. The highest BCUT2D eigenvalue weighted by Gasteiger charge is 2.22. The number of allylic oxidation sites excluding steroid dienone is 1. The number of hydrogen-bond donors (Lipinski definition) is 1. The molecule has 0 radical (unpaired) electrons. The van der Waals surface area contributed by atoms with E-state index in [9.17, 15) is 14.0 Å². The second kappa shape index (κ2) is 11.5. The summed E-state index contributed by atoms with van der Waals surface area (Å²) in [6, 6.07) is 3.84. The number of amides is 1. The zero-order valence-corrected chi connectivity index (χ0v) is 21.1. The molecule has 0 spiro atoms. The fourth-order valence-electron chi connectivity index (χ4n) is 2.94. The van der Waals surface area contributed by atoms with Gasteiger partial charge < -0.3 is 14.8 Å². The van der Waals surface area contributed by atoms with Gasteiger partial charge in [-0.05, 0) is 37.6 Å². The van der Waals surface area contributed by atoms with Crippen LogP contribution in [0.3, 0.4) is 0 Å². The number of rotatable bonds is 10. The molecule has 0 aliphatic rings. The van der Waals surface area contributed by atoms with Crippen molar-refractivity contribution in [2.45, 2.75) is 32.2 Å². The van der Waals surface area contributed by atoms with Crippen LogP contribution in [-0.4, -0.2) is 39.5 Å². The molecular weight excluding hydrogens is 503 g/mol. The van der Waals surface area contributed by atoms with Crippen molar-refractivity contribution in [3.8, 4) is 5.75 Å². The van der Waals surface area contributed by atoms with Gasteiger partial charge in [0.1, 0.15) is 23.2 Å². The Balaban J connectivity index is 1.67. The summed E-state index contributed by atoms with van der Waals surface area (Å²) in [7, 11) is 1.30. The van der Waals surface area contributed by atoms with Crippen LogP contribution in [-0.2, 0) is 22.7 Å². The van der Waals surface area contributed by atoms with Gasteiger partial charge in [0.2, 0.25) is 5.91 Å². The Labute approximate surface area is 209 Å². The number of halogens is 2. The van der Waals surface area contributed by atoms with Crippen LogP contribution in [0.25, 0.3) is 0 Å². The van der Waals surface area contributed by atoms with E-state index in [1.165, 1.54) is 42.3 Å². The molecule has 0 aliphatic carbocycles. The molecule has 2 heterocycles. The normalized spacial score (nSPS) is 10.7. The molecule has 0 saturated heterocycles. The van der Waals surface area contributed by atoms with Crippen LogP contribution < -0.4 is 10.1 Å². The van der Waals surface area contributed by atoms with E-state index < -0.39 is 11.8 Å². The summed E-state index contributed by atoms with van der Waals surface area (Å²) in [5.41, 5.74) is 1.13. The van der Waals surface area contributed by atoms with Gasteiger partial charge in [-0.25, -0.2) is 9.18 Å². The maximum atomic E-state index is 13.2. The van der Waals surface area contributed by atoms with Gasteiger partial charge in [0.05, 0.1) is 23.4 Å². The lowest BCUT2D eigenvalue weighted by Crippen LogP contribution is -2.16. The Morgan fingerprint density at radius 3 is 2.79 bits per heavy atom. The Bertz CT molecular complexity index is 1230. The first-order chi connectivity index (χ1) is 16.2. The van der Waals surface area contributed by atoms with Crippen molar-refractivity contribution in [1.82, 2.24) is 14.8 Å². The monoisotopic (exact) mass is 524 g/mol. The summed E-state index contributed by atoms with van der Waals surface area (Å²) in [5, 5.41) is 12.1. The second-order valence-electron chi connectivity index (χ2n) is 6.98. The molecule has 3 aromatic rings. The molecule has 180 valence electrons. The largest absolute Gasteiger partial charge is 0.484 e. The van der Waals surface area contributed by atoms with Crippen LogP contribution in [0.15, 0.2) is 36.0 Å². The summed E-state index contributed by atoms with van der Waals surface area (Å²) in [4.78, 5) is 25.6. The number of ether oxygens (including phenoxy) is 2. The smallest absolute Gasteiger partial charge is 0.341 e. The number of aromatic nitrogens is 3. The van der Waals surface area contributed by atoms with E-state index in [4.69, 9.17) is 21.1 Å². The number of esters is 1. The Hall–Kier alpha value is -2.89. The third-order valence-electron chi connectivity index (χ3n) is 4.72. The molecule has 0 aliphatic heterocycles. The predicted octanol–water partition coefficient (Wildman–Crippen LogP) is 5.03. The number of hydrogen-bond acceptors (Lipinski definition) is 8. The second-order valence-corrected chi connectivity index (χ2v) is 9.55. The van der Waals surface area contributed by atoms with E-state index >= 15 is 0 Å². The number of nitrogens with one attached hydrogen (secondary N) is 1. The Morgan fingerprint density at radius 1 is 1.35 bits per heavy atom. The van der Waals surface area contributed by atoms with Crippen molar-refractivity contribution in [3.05, 3.63) is 63.5 Å². The van der Waals surface area contributed by atoms with Crippen molar-refractivity contribution < 1.29 is 23.5 Å². The van der Waals surface area contributed by atoms with Gasteiger partial charge in [-0.1, -0.05) is 29.4 Å². The van der Waals surface area contributed by atoms with E-state index in [1.807, 2.05) is 13.8 Å². The van der Waals surface area contributed by atoms with Crippen molar-refractivity contribution in [2.24, 2.45) is 0 Å². The van der Waals surface area contributed by atoms with Crippen LogP contribution in [0, 0.1) is 19.7 Å². The average Bonchev–Trinajstić information content (AvgIpc) is 3.31. The fraction of sp³-hybridized carbons (Fsp3) is 0.273. The quantitative estimate of drug-likeness (QED) is 0.226. The minimum Gasteiger partial charge on any atom is -0.484 e. The number of thiophene rings is 1. The van der Waals surface area contributed by atoms with Gasteiger partial charge in [-0.2, -0.15) is 0 Å². The van der Waals surface area contributed by atoms with E-state index in [-0.39, 0.29) is 23.3 Å². The molecule has 1 N–H and O–H groups in total. The molecule has 0 fully saturated rings. The number of carbonyl (C=O) groups excluding carboxylic acids is 2. The topological polar surface area (TPSA) is 95.3 Å². The van der Waals surface area contributed by atoms with Crippen LogP contribution >= 0.6 is 34.7 Å². The first kappa shape index (κ1) is 25.7. The van der Waals surface area contributed by atoms with Crippen LogP contribution in [0.5, 0.6) is 5.75 Å². The van der Waals surface area contributed by atoms with Gasteiger partial charge in [0, 0.05) is 11.4 Å². The highest BCUT2D eigenvalue weighted by atomic mass is 35.5. The molecule has 1 amide bonds. The highest BCUT2D eigenvalue weighted by Crippen LogP contribution is 2.33. The predicted molar refractivity (Wildman–Crippen MR) is 130 cm³/mol. The highest BCUT2D eigenvalue weighted by molar-refractivity contribution is 7.99. The summed E-state index contributed by atoms with van der Waals surface area (Å²) < 4.78 is 25.5. The van der Waals surface area contributed by atoms with Gasteiger partial charge in [-0.3, -0.25) is 9.36 Å². The average molecular weight is 525 g/mol. The van der Waals surface area contributed by atoms with Crippen LogP contribution in [0.1, 0.15) is 26.6 Å². The lowest BCUT2D eigenvalue weighted by molar-refractivity contribution is -0.113. The SMILES string of the molecule is C=CCn1c(COc2ccc(F)cc2Cl)nnc1SCC(=O)Nc1sc(C)c(C)c1C(=O)OC. The molecular formula is C22H22ClFN4O4S2. The number of nitrogens with zero attached hydrogens (tertiary/aromatic N) is 3.